The van der Waals surface area contributed by atoms with Gasteiger partial charge in [-0.05, 0) is 30.3 Å². The van der Waals surface area contributed by atoms with Gasteiger partial charge < -0.3 is 4.74 Å². The summed E-state index contributed by atoms with van der Waals surface area (Å²) in [5, 5.41) is 11.5. The highest BCUT2D eigenvalue weighted by Gasteiger charge is 2.17. The molecule has 0 aliphatic carbocycles. The lowest BCUT2D eigenvalue weighted by Gasteiger charge is -2.09. The first-order valence-electron chi connectivity index (χ1n) is 8.91. The summed E-state index contributed by atoms with van der Waals surface area (Å²) in [7, 11) is -3.22. The Balaban J connectivity index is 1.52. The van der Waals surface area contributed by atoms with Gasteiger partial charge in [0.2, 0.25) is 0 Å². The van der Waals surface area contributed by atoms with Crippen molar-refractivity contribution in [3.63, 3.8) is 0 Å². The third-order valence-electron chi connectivity index (χ3n) is 4.86. The maximum Gasteiger partial charge on any atom is 0.274 e. The van der Waals surface area contributed by atoms with Crippen LogP contribution in [0.2, 0.25) is 0 Å². The summed E-state index contributed by atoms with van der Waals surface area (Å²) in [6.45, 7) is 0.869. The molecule has 0 fully saturated rings. The van der Waals surface area contributed by atoms with Gasteiger partial charge in [-0.1, -0.05) is 0 Å². The van der Waals surface area contributed by atoms with Crippen LogP contribution in [0.3, 0.4) is 0 Å². The lowest BCUT2D eigenvalue weighted by Crippen LogP contribution is -2.24. The highest BCUT2D eigenvalue weighted by Crippen LogP contribution is 2.24. The number of ether oxygens (including phenoxy) is 1. The van der Waals surface area contributed by atoms with E-state index in [0.29, 0.717) is 22.3 Å². The van der Waals surface area contributed by atoms with Crippen molar-refractivity contribution in [2.45, 2.75) is 22.8 Å². The molecule has 1 atom stereocenters. The summed E-state index contributed by atoms with van der Waals surface area (Å²) in [6, 6.07) is 8.39. The number of aromatic nitrogens is 5. The summed E-state index contributed by atoms with van der Waals surface area (Å²) in [6.07, 6.45) is 5.10. The van der Waals surface area contributed by atoms with Crippen LogP contribution in [0.5, 0.6) is 5.75 Å². The molecular weight excluding hydrogens is 392 g/mol. The molecule has 4 heterocycles. The first kappa shape index (κ1) is 17.6. The molecule has 3 aromatic heterocycles. The second kappa shape index (κ2) is 6.52. The molecule has 1 aromatic carbocycles. The van der Waals surface area contributed by atoms with Gasteiger partial charge in [0, 0.05) is 18.0 Å². The lowest BCUT2D eigenvalue weighted by molar-refractivity contribution is 0.356. The van der Waals surface area contributed by atoms with Crippen LogP contribution in [-0.4, -0.2) is 35.8 Å². The van der Waals surface area contributed by atoms with Crippen molar-refractivity contribution >= 4 is 20.5 Å². The number of pyridine rings is 1. The molecule has 1 aliphatic heterocycles. The van der Waals surface area contributed by atoms with Crippen molar-refractivity contribution in [1.82, 2.24) is 25.0 Å². The van der Waals surface area contributed by atoms with Crippen LogP contribution in [0.25, 0.3) is 10.8 Å². The smallest absolute Gasteiger partial charge is 0.274 e. The van der Waals surface area contributed by atoms with Crippen LogP contribution in [0.1, 0.15) is 11.4 Å². The van der Waals surface area contributed by atoms with Crippen molar-refractivity contribution in [2.75, 3.05) is 6.61 Å². The highest BCUT2D eigenvalue weighted by molar-refractivity contribution is 7.92. The Labute approximate surface area is 165 Å². The third kappa shape index (κ3) is 2.97. The number of aromatic amines is 1. The molecule has 10 heteroatoms. The van der Waals surface area contributed by atoms with Gasteiger partial charge in [-0.3, -0.25) is 14.9 Å². The minimum Gasteiger partial charge on any atom is -0.491 e. The highest BCUT2D eigenvalue weighted by atomic mass is 32.2. The van der Waals surface area contributed by atoms with E-state index in [0.717, 1.165) is 23.6 Å². The van der Waals surface area contributed by atoms with Gasteiger partial charge in [0.25, 0.3) is 5.56 Å². The molecule has 0 unspecified atom stereocenters. The number of fused-ring (bicyclic) bond motifs is 2. The van der Waals surface area contributed by atoms with E-state index in [9.17, 15) is 9.00 Å². The average Bonchev–Trinajstić information content (AvgIpc) is 3.41. The van der Waals surface area contributed by atoms with Gasteiger partial charge in [-0.15, -0.1) is 0 Å². The van der Waals surface area contributed by atoms with E-state index in [1.807, 2.05) is 12.1 Å². The number of H-pyrrole nitrogens is 1. The Hall–Kier alpha value is -3.53. The largest absolute Gasteiger partial charge is 0.491 e. The maximum atomic E-state index is 12.9. The minimum atomic E-state index is -3.22. The number of nitrogens with zero attached hydrogens (tertiary/aromatic N) is 4. The standard InChI is InChI=1S/C19H16N6O3S/c20-29(27,15-9-21-22-10-15)14-2-3-16-12(7-14)8-23-25(19(16)26)11-13-1-4-18-17(24-13)5-6-28-18/h1-4,7-10,20H,5-6,11H2,(H,21,22)/t29-/m0/s1. The van der Waals surface area contributed by atoms with Crippen molar-refractivity contribution in [2.24, 2.45) is 0 Å². The SMILES string of the molecule is N=[S@@](=O)(c1cn[nH]c1)c1ccc2c(=O)n(Cc3ccc4c(n3)CCO4)ncc2c1. The number of rotatable bonds is 4. The Morgan fingerprint density at radius 3 is 2.93 bits per heavy atom. The second-order valence-electron chi connectivity index (χ2n) is 6.69. The molecule has 5 rings (SSSR count). The van der Waals surface area contributed by atoms with Crippen molar-refractivity contribution in [3.8, 4) is 5.75 Å². The molecule has 146 valence electrons. The number of nitrogens with one attached hydrogen (secondary N) is 2. The van der Waals surface area contributed by atoms with E-state index in [4.69, 9.17) is 9.52 Å². The van der Waals surface area contributed by atoms with E-state index in [2.05, 4.69) is 20.3 Å². The second-order valence-corrected chi connectivity index (χ2v) is 8.75. The van der Waals surface area contributed by atoms with E-state index >= 15 is 0 Å². The Bertz CT molecular complexity index is 1390. The van der Waals surface area contributed by atoms with E-state index in [1.165, 1.54) is 17.1 Å². The summed E-state index contributed by atoms with van der Waals surface area (Å²) in [5.74, 6) is 0.789. The van der Waals surface area contributed by atoms with Crippen LogP contribution in [-0.2, 0) is 22.7 Å². The lowest BCUT2D eigenvalue weighted by atomic mass is 10.2. The zero-order valence-corrected chi connectivity index (χ0v) is 16.0. The van der Waals surface area contributed by atoms with E-state index in [-0.39, 0.29) is 17.0 Å². The molecule has 0 bridgehead atoms. The van der Waals surface area contributed by atoms with Crippen LogP contribution in [0.15, 0.2) is 63.5 Å². The van der Waals surface area contributed by atoms with Crippen LogP contribution >= 0.6 is 0 Å². The number of benzene rings is 1. The number of hydrogen-bond donors (Lipinski definition) is 2. The van der Waals surface area contributed by atoms with E-state index in [1.54, 1.807) is 24.4 Å². The topological polar surface area (TPSA) is 127 Å². The van der Waals surface area contributed by atoms with Crippen molar-refractivity contribution in [3.05, 3.63) is 70.7 Å². The van der Waals surface area contributed by atoms with E-state index < -0.39 is 9.73 Å². The van der Waals surface area contributed by atoms with Gasteiger partial charge in [-0.25, -0.2) is 13.7 Å². The summed E-state index contributed by atoms with van der Waals surface area (Å²) in [4.78, 5) is 18.0. The molecule has 4 aromatic rings. The fourth-order valence-electron chi connectivity index (χ4n) is 3.33. The van der Waals surface area contributed by atoms with Crippen LogP contribution in [0, 0.1) is 4.78 Å². The Morgan fingerprint density at radius 2 is 2.10 bits per heavy atom. The molecular formula is C19H16N6O3S. The zero-order valence-electron chi connectivity index (χ0n) is 15.2. The average molecular weight is 408 g/mol. The first-order chi connectivity index (χ1) is 14.0. The molecule has 0 saturated heterocycles. The van der Waals surface area contributed by atoms with Crippen molar-refractivity contribution < 1.29 is 8.95 Å². The van der Waals surface area contributed by atoms with Crippen LogP contribution < -0.4 is 10.3 Å². The summed E-state index contributed by atoms with van der Waals surface area (Å²) < 4.78 is 27.9. The molecule has 2 N–H and O–H groups in total. The maximum absolute atomic E-state index is 12.9. The molecule has 0 radical (unpaired) electrons. The molecule has 0 amide bonds. The monoisotopic (exact) mass is 408 g/mol. The molecule has 0 saturated carbocycles. The van der Waals surface area contributed by atoms with Gasteiger partial charge >= 0.3 is 0 Å². The van der Waals surface area contributed by atoms with Gasteiger partial charge in [0.1, 0.15) is 15.5 Å². The summed E-state index contributed by atoms with van der Waals surface area (Å²) >= 11 is 0. The fraction of sp³-hybridized carbons (Fsp3) is 0.158. The molecule has 29 heavy (non-hydrogen) atoms. The predicted molar refractivity (Wildman–Crippen MR) is 105 cm³/mol. The Morgan fingerprint density at radius 1 is 1.21 bits per heavy atom. The quantitative estimate of drug-likeness (QED) is 0.531. The third-order valence-corrected chi connectivity index (χ3v) is 6.66. The fourth-order valence-corrected chi connectivity index (χ4v) is 4.58. The normalized spacial score (nSPS) is 15.0. The number of hydrogen-bond acceptors (Lipinski definition) is 7. The molecule has 9 nitrogen and oxygen atoms in total. The van der Waals surface area contributed by atoms with Crippen LogP contribution in [0.4, 0.5) is 0 Å². The molecule has 1 aliphatic rings. The van der Waals surface area contributed by atoms with Gasteiger partial charge in [-0.2, -0.15) is 10.2 Å². The zero-order chi connectivity index (χ0) is 20.0. The van der Waals surface area contributed by atoms with Crippen molar-refractivity contribution in [1.29, 1.82) is 4.78 Å². The first-order valence-corrected chi connectivity index (χ1v) is 10.5. The van der Waals surface area contributed by atoms with Gasteiger partial charge in [0.05, 0.1) is 52.1 Å². The van der Waals surface area contributed by atoms with Gasteiger partial charge in [0.15, 0.2) is 0 Å². The molecule has 0 spiro atoms. The Kier molecular flexibility index (Phi) is 3.95. The predicted octanol–water partition coefficient (Wildman–Crippen LogP) is 1.96. The minimum absolute atomic E-state index is 0.244. The summed E-state index contributed by atoms with van der Waals surface area (Å²) in [5.41, 5.74) is 1.35.